The molecule has 0 aliphatic carbocycles. The number of aromatic nitrogens is 1. The van der Waals surface area contributed by atoms with E-state index in [2.05, 4.69) is 9.71 Å². The van der Waals surface area contributed by atoms with Crippen molar-refractivity contribution >= 4 is 35.2 Å². The number of halogens is 1. The van der Waals surface area contributed by atoms with Crippen molar-refractivity contribution in [2.24, 2.45) is 0 Å². The van der Waals surface area contributed by atoms with Gasteiger partial charge in [-0.05, 0) is 0 Å². The zero-order chi connectivity index (χ0) is 12.3. The Morgan fingerprint density at radius 1 is 1.56 bits per heavy atom. The number of ketones is 1. The quantitative estimate of drug-likeness (QED) is 0.315. The van der Waals surface area contributed by atoms with Crippen molar-refractivity contribution in [2.75, 3.05) is 6.26 Å². The molecular formula is C8H7ClN2O4S. The molecule has 1 heterocycles. The Balaban J connectivity index is 3.11. The molecule has 0 radical (unpaired) electrons. The first kappa shape index (κ1) is 12.6. The Morgan fingerprint density at radius 3 is 2.69 bits per heavy atom. The number of hydrogen-bond donors (Lipinski definition) is 3. The van der Waals surface area contributed by atoms with Crippen LogP contribution in [0.15, 0.2) is 10.9 Å². The van der Waals surface area contributed by atoms with E-state index in [0.29, 0.717) is 0 Å². The van der Waals surface area contributed by atoms with Gasteiger partial charge in [-0.15, -0.1) is 0 Å². The third-order valence-corrected chi connectivity index (χ3v) is 2.27. The molecule has 0 aliphatic rings. The van der Waals surface area contributed by atoms with E-state index in [0.717, 1.165) is 18.0 Å². The molecule has 0 bridgehead atoms. The monoisotopic (exact) mass is 262 g/mol. The highest BCUT2D eigenvalue weighted by Gasteiger charge is 2.18. The molecule has 0 aliphatic heterocycles. The van der Waals surface area contributed by atoms with E-state index in [1.165, 1.54) is 0 Å². The summed E-state index contributed by atoms with van der Waals surface area (Å²) in [5.74, 6) is -2.51. The molecule has 0 fully saturated rings. The Kier molecular flexibility index (Phi) is 3.97. The molecule has 8 heteroatoms. The molecule has 0 saturated heterocycles. The maximum atomic E-state index is 11.4. The van der Waals surface area contributed by atoms with Crippen LogP contribution < -0.4 is 10.2 Å². The minimum Gasteiger partial charge on any atom is -0.502 e. The van der Waals surface area contributed by atoms with Crippen LogP contribution in [0.5, 0.6) is 5.75 Å². The van der Waals surface area contributed by atoms with Crippen LogP contribution in [0.25, 0.3) is 0 Å². The number of aromatic hydroxyl groups is 1. The fourth-order valence-corrected chi connectivity index (χ4v) is 1.38. The Bertz CT molecular complexity index is 499. The Hall–Kier alpha value is -1.47. The molecule has 3 N–H and O–H groups in total. The third-order valence-electron chi connectivity index (χ3n) is 1.61. The molecule has 1 amide bonds. The number of carbonyl (C=O) groups excluding carboxylic acids is 2. The van der Waals surface area contributed by atoms with E-state index >= 15 is 0 Å². The van der Waals surface area contributed by atoms with Gasteiger partial charge in [0.1, 0.15) is 0 Å². The van der Waals surface area contributed by atoms with Gasteiger partial charge in [0.05, 0.1) is 5.69 Å². The molecule has 1 rings (SSSR count). The van der Waals surface area contributed by atoms with Gasteiger partial charge in [0, 0.05) is 12.3 Å². The second kappa shape index (κ2) is 5.04. The number of nitrogens with one attached hydrogen (secondary N) is 2. The first-order valence-electron chi connectivity index (χ1n) is 3.96. The topological polar surface area (TPSA) is 99.3 Å². The molecular weight excluding hydrogens is 256 g/mol. The van der Waals surface area contributed by atoms with Gasteiger partial charge < -0.3 is 10.1 Å². The molecule has 1 aromatic rings. The molecule has 0 aromatic carbocycles. The predicted octanol–water partition coefficient (Wildman–Crippen LogP) is 0.311. The molecule has 0 unspecified atom stereocenters. The predicted molar refractivity (Wildman–Crippen MR) is 59.7 cm³/mol. The number of aromatic amines is 1. The molecule has 6 nitrogen and oxygen atoms in total. The van der Waals surface area contributed by atoms with Gasteiger partial charge in [-0.2, -0.15) is 0 Å². The number of hydrogen-bond acceptors (Lipinski definition) is 5. The standard InChI is InChI=1S/C8H7ClN2O4S/c1-16-11-8(15)5(13)3-2-4(12)6(14)7(9)10-3/h2,14H,1H3,(H,10,12)(H,11,15). The molecule has 0 atom stereocenters. The summed E-state index contributed by atoms with van der Waals surface area (Å²) in [5.41, 5.74) is -1.11. The summed E-state index contributed by atoms with van der Waals surface area (Å²) in [6.45, 7) is 0. The van der Waals surface area contributed by atoms with E-state index in [4.69, 9.17) is 16.7 Å². The lowest BCUT2D eigenvalue weighted by Crippen LogP contribution is -2.27. The second-order valence-corrected chi connectivity index (χ2v) is 3.66. The first-order chi connectivity index (χ1) is 7.47. The molecule has 0 spiro atoms. The van der Waals surface area contributed by atoms with Gasteiger partial charge in [-0.25, -0.2) is 0 Å². The lowest BCUT2D eigenvalue weighted by molar-refractivity contribution is -0.115. The number of amides is 1. The zero-order valence-corrected chi connectivity index (χ0v) is 9.61. The minimum absolute atomic E-state index is 0.278. The number of carbonyl (C=O) groups is 2. The number of H-pyrrole nitrogens is 1. The highest BCUT2D eigenvalue weighted by Crippen LogP contribution is 2.15. The summed E-state index contributed by atoms with van der Waals surface area (Å²) in [6, 6.07) is 0.809. The van der Waals surface area contributed by atoms with Crippen LogP contribution in [-0.2, 0) is 4.79 Å². The number of rotatable bonds is 3. The molecule has 1 aromatic heterocycles. The largest absolute Gasteiger partial charge is 0.502 e. The van der Waals surface area contributed by atoms with Gasteiger partial charge >= 0.3 is 5.91 Å². The maximum Gasteiger partial charge on any atom is 0.303 e. The van der Waals surface area contributed by atoms with Crippen LogP contribution in [0, 0.1) is 0 Å². The van der Waals surface area contributed by atoms with E-state index in [-0.39, 0.29) is 10.8 Å². The zero-order valence-electron chi connectivity index (χ0n) is 8.04. The lowest BCUT2D eigenvalue weighted by Gasteiger charge is -2.02. The van der Waals surface area contributed by atoms with Crippen molar-refractivity contribution in [2.45, 2.75) is 0 Å². The van der Waals surface area contributed by atoms with Crippen molar-refractivity contribution < 1.29 is 14.7 Å². The van der Waals surface area contributed by atoms with E-state index in [9.17, 15) is 14.4 Å². The summed E-state index contributed by atoms with van der Waals surface area (Å²) in [6.07, 6.45) is 1.57. The van der Waals surface area contributed by atoms with Crippen molar-refractivity contribution in [1.29, 1.82) is 0 Å². The van der Waals surface area contributed by atoms with Crippen LogP contribution >= 0.6 is 23.5 Å². The third kappa shape index (κ3) is 2.56. The Labute approximate surface area is 99.1 Å². The number of Topliss-reactive ketones (excluding diaryl/α,β-unsaturated/α-hetero) is 1. The van der Waals surface area contributed by atoms with Crippen LogP contribution in [0.4, 0.5) is 0 Å². The molecule has 86 valence electrons. The van der Waals surface area contributed by atoms with Gasteiger partial charge in [0.15, 0.2) is 10.9 Å². The van der Waals surface area contributed by atoms with Crippen molar-refractivity contribution in [3.8, 4) is 5.75 Å². The number of pyridine rings is 1. The lowest BCUT2D eigenvalue weighted by atomic mass is 10.2. The normalized spacial score (nSPS) is 9.88. The maximum absolute atomic E-state index is 11.4. The highest BCUT2D eigenvalue weighted by atomic mass is 35.5. The van der Waals surface area contributed by atoms with E-state index in [1.807, 2.05) is 0 Å². The first-order valence-corrected chi connectivity index (χ1v) is 5.57. The summed E-state index contributed by atoms with van der Waals surface area (Å²) in [5, 5.41) is 8.68. The fourth-order valence-electron chi connectivity index (χ4n) is 0.905. The average molecular weight is 263 g/mol. The molecule has 0 saturated carbocycles. The van der Waals surface area contributed by atoms with Crippen LogP contribution in [-0.4, -0.2) is 28.0 Å². The van der Waals surface area contributed by atoms with Crippen molar-refractivity contribution in [3.63, 3.8) is 0 Å². The SMILES string of the molecule is CSNC(=O)C(=O)c1cc(=O)c(O)c(Cl)[nH]1. The average Bonchev–Trinajstić information content (AvgIpc) is 2.24. The van der Waals surface area contributed by atoms with Gasteiger partial charge in [0.2, 0.25) is 5.43 Å². The van der Waals surface area contributed by atoms with Crippen LogP contribution in [0.3, 0.4) is 0 Å². The summed E-state index contributed by atoms with van der Waals surface area (Å²) >= 11 is 6.40. The summed E-state index contributed by atoms with van der Waals surface area (Å²) < 4.78 is 2.20. The van der Waals surface area contributed by atoms with Gasteiger partial charge in [0.25, 0.3) is 5.78 Å². The summed E-state index contributed by atoms with van der Waals surface area (Å²) in [4.78, 5) is 35.9. The molecule has 16 heavy (non-hydrogen) atoms. The second-order valence-electron chi connectivity index (χ2n) is 2.67. The van der Waals surface area contributed by atoms with Crippen LogP contribution in [0.2, 0.25) is 5.15 Å². The van der Waals surface area contributed by atoms with Crippen LogP contribution in [0.1, 0.15) is 10.5 Å². The minimum atomic E-state index is -0.937. The fraction of sp³-hybridized carbons (Fsp3) is 0.125. The smallest absolute Gasteiger partial charge is 0.303 e. The summed E-state index contributed by atoms with van der Waals surface area (Å²) in [7, 11) is 0. The van der Waals surface area contributed by atoms with Crippen molar-refractivity contribution in [3.05, 3.63) is 27.1 Å². The van der Waals surface area contributed by atoms with E-state index < -0.39 is 22.9 Å². The van der Waals surface area contributed by atoms with E-state index in [1.54, 1.807) is 6.26 Å². The highest BCUT2D eigenvalue weighted by molar-refractivity contribution is 7.97. The Morgan fingerprint density at radius 2 is 2.19 bits per heavy atom. The van der Waals surface area contributed by atoms with Crippen molar-refractivity contribution in [1.82, 2.24) is 9.71 Å². The van der Waals surface area contributed by atoms with Gasteiger partial charge in [-0.3, -0.25) is 19.1 Å². The van der Waals surface area contributed by atoms with Gasteiger partial charge in [-0.1, -0.05) is 23.5 Å².